The molecule has 2 atom stereocenters. The Kier molecular flexibility index (Phi) is 4.65. The monoisotopic (exact) mass is 375 g/mol. The van der Waals surface area contributed by atoms with Crippen molar-refractivity contribution >= 4 is 5.91 Å². The Morgan fingerprint density at radius 1 is 1.11 bits per heavy atom. The van der Waals surface area contributed by atoms with Crippen LogP contribution in [0.2, 0.25) is 0 Å². The van der Waals surface area contributed by atoms with Gasteiger partial charge in [0.25, 0.3) is 11.5 Å². The van der Waals surface area contributed by atoms with Crippen LogP contribution in [-0.2, 0) is 0 Å². The number of pyridine rings is 1. The highest BCUT2D eigenvalue weighted by Crippen LogP contribution is 2.28. The first-order valence-corrected chi connectivity index (χ1v) is 8.91. The van der Waals surface area contributed by atoms with E-state index in [4.69, 9.17) is 4.74 Å². The molecule has 27 heavy (non-hydrogen) atoms. The number of hydrogen-bond donors (Lipinski definition) is 3. The van der Waals surface area contributed by atoms with E-state index < -0.39 is 23.1 Å². The number of carbonyl (C=O) groups excluding carboxylic acids is 1. The molecule has 2 aromatic rings. The number of aromatic amines is 1. The minimum atomic E-state index is -1.07. The van der Waals surface area contributed by atoms with Gasteiger partial charge in [0, 0.05) is 18.1 Å². The van der Waals surface area contributed by atoms with Gasteiger partial charge in [0.05, 0.1) is 0 Å². The summed E-state index contributed by atoms with van der Waals surface area (Å²) in [6.45, 7) is 0. The largest absolute Gasteiger partial charge is 0.440 e. The van der Waals surface area contributed by atoms with Crippen LogP contribution in [-0.4, -0.2) is 29.0 Å². The highest BCUT2D eigenvalue weighted by atomic mass is 19.1. The van der Waals surface area contributed by atoms with Crippen LogP contribution in [0.1, 0.15) is 36.0 Å². The lowest BCUT2D eigenvalue weighted by atomic mass is 9.99. The molecule has 6 nitrogen and oxygen atoms in total. The molecular formula is C19H19F2N3O3. The number of benzene rings is 1. The molecule has 142 valence electrons. The third kappa shape index (κ3) is 3.85. The zero-order valence-electron chi connectivity index (χ0n) is 14.4. The predicted octanol–water partition coefficient (Wildman–Crippen LogP) is 2.46. The van der Waals surface area contributed by atoms with Crippen molar-refractivity contribution in [3.05, 3.63) is 57.9 Å². The zero-order chi connectivity index (χ0) is 19.0. The Labute approximate surface area is 153 Å². The van der Waals surface area contributed by atoms with Gasteiger partial charge in [0.2, 0.25) is 5.88 Å². The van der Waals surface area contributed by atoms with E-state index >= 15 is 0 Å². The number of carbonyl (C=O) groups is 1. The molecule has 0 spiro atoms. The first-order chi connectivity index (χ1) is 13.0. The van der Waals surface area contributed by atoms with E-state index in [0.717, 1.165) is 31.7 Å². The lowest BCUT2D eigenvalue weighted by Gasteiger charge is -2.29. The van der Waals surface area contributed by atoms with E-state index in [1.54, 1.807) is 0 Å². The van der Waals surface area contributed by atoms with Crippen molar-refractivity contribution in [1.82, 2.24) is 15.6 Å². The van der Waals surface area contributed by atoms with Gasteiger partial charge in [-0.1, -0.05) is 0 Å². The normalized spacial score (nSPS) is 23.9. The number of hydrogen-bond acceptors (Lipinski definition) is 4. The number of nitrogens with one attached hydrogen (secondary N) is 3. The Balaban J connectivity index is 1.56. The Morgan fingerprint density at radius 3 is 2.44 bits per heavy atom. The maximum absolute atomic E-state index is 13.8. The van der Waals surface area contributed by atoms with Gasteiger partial charge in [0.1, 0.15) is 17.1 Å². The molecule has 2 aliphatic heterocycles. The van der Waals surface area contributed by atoms with Gasteiger partial charge in [-0.15, -0.1) is 0 Å². The summed E-state index contributed by atoms with van der Waals surface area (Å²) in [5, 5.41) is 6.39. The average molecular weight is 375 g/mol. The minimum Gasteiger partial charge on any atom is -0.440 e. The molecule has 4 rings (SSSR count). The van der Waals surface area contributed by atoms with Gasteiger partial charge in [-0.2, -0.15) is 0 Å². The summed E-state index contributed by atoms with van der Waals surface area (Å²) in [6, 6.07) is 6.68. The zero-order valence-corrected chi connectivity index (χ0v) is 14.4. The summed E-state index contributed by atoms with van der Waals surface area (Å²) < 4.78 is 32.3. The molecule has 3 heterocycles. The topological polar surface area (TPSA) is 83.2 Å². The van der Waals surface area contributed by atoms with Gasteiger partial charge >= 0.3 is 0 Å². The van der Waals surface area contributed by atoms with Crippen molar-refractivity contribution in [1.29, 1.82) is 0 Å². The Morgan fingerprint density at radius 2 is 1.78 bits per heavy atom. The standard InChI is InChI=1S/C19H19F2N3O3/c20-10-1-5-14(6-2-10)27-19-15(9-16(21)18(26)24-19)17(25)23-13-7-11-3-4-12(8-13)22-11/h1-2,5-6,9,11-13,22H,3-4,7-8H2,(H,23,25)(H,24,26). The highest BCUT2D eigenvalue weighted by Gasteiger charge is 2.34. The molecule has 2 fully saturated rings. The van der Waals surface area contributed by atoms with E-state index in [9.17, 15) is 18.4 Å². The molecule has 8 heteroatoms. The Bertz CT molecular complexity index is 901. The molecule has 2 unspecified atom stereocenters. The van der Waals surface area contributed by atoms with E-state index in [-0.39, 0.29) is 23.2 Å². The lowest BCUT2D eigenvalue weighted by molar-refractivity contribution is 0.0920. The van der Waals surface area contributed by atoms with Gasteiger partial charge in [-0.05, 0) is 56.0 Å². The second-order valence-electron chi connectivity index (χ2n) is 7.02. The number of amides is 1. The van der Waals surface area contributed by atoms with E-state index in [0.29, 0.717) is 12.1 Å². The van der Waals surface area contributed by atoms with Crippen LogP contribution >= 0.6 is 0 Å². The van der Waals surface area contributed by atoms with Gasteiger partial charge in [-0.3, -0.25) is 14.6 Å². The number of ether oxygens (including phenoxy) is 1. The van der Waals surface area contributed by atoms with Crippen LogP contribution in [0.4, 0.5) is 8.78 Å². The molecule has 0 aliphatic carbocycles. The lowest BCUT2D eigenvalue weighted by Crippen LogP contribution is -2.48. The van der Waals surface area contributed by atoms with Gasteiger partial charge in [0.15, 0.2) is 5.82 Å². The molecule has 2 aliphatic rings. The summed E-state index contributed by atoms with van der Waals surface area (Å²) in [5.74, 6) is -2.01. The quantitative estimate of drug-likeness (QED) is 0.767. The van der Waals surface area contributed by atoms with Crippen molar-refractivity contribution < 1.29 is 18.3 Å². The van der Waals surface area contributed by atoms with Gasteiger partial charge < -0.3 is 15.4 Å². The highest BCUT2D eigenvalue weighted by molar-refractivity contribution is 5.96. The van der Waals surface area contributed by atoms with Crippen LogP contribution in [0.15, 0.2) is 35.1 Å². The number of H-pyrrole nitrogens is 1. The molecule has 2 bridgehead atoms. The van der Waals surface area contributed by atoms with Crippen LogP contribution < -0.4 is 20.9 Å². The van der Waals surface area contributed by atoms with E-state index in [1.165, 1.54) is 24.3 Å². The van der Waals surface area contributed by atoms with Gasteiger partial charge in [-0.25, -0.2) is 8.78 Å². The average Bonchev–Trinajstić information content (AvgIpc) is 2.98. The molecular weight excluding hydrogens is 356 g/mol. The third-order valence-corrected chi connectivity index (χ3v) is 5.05. The van der Waals surface area contributed by atoms with Crippen LogP contribution in [0.5, 0.6) is 11.6 Å². The number of halogens is 2. The fourth-order valence-corrected chi connectivity index (χ4v) is 3.80. The number of fused-ring (bicyclic) bond motifs is 2. The Hall–Kier alpha value is -2.74. The van der Waals surface area contributed by atoms with Crippen molar-refractivity contribution in [2.75, 3.05) is 0 Å². The van der Waals surface area contributed by atoms with E-state index in [1.807, 2.05) is 0 Å². The molecule has 0 radical (unpaired) electrons. The number of rotatable bonds is 4. The molecule has 0 saturated carbocycles. The predicted molar refractivity (Wildman–Crippen MR) is 93.9 cm³/mol. The summed E-state index contributed by atoms with van der Waals surface area (Å²) in [7, 11) is 0. The van der Waals surface area contributed by atoms with Crippen LogP contribution in [0, 0.1) is 11.6 Å². The fraction of sp³-hybridized carbons (Fsp3) is 0.368. The SMILES string of the molecule is O=C(NC1CC2CCC(C1)N2)c1cc(F)c(=O)[nH]c1Oc1ccc(F)cc1. The van der Waals surface area contributed by atoms with Crippen molar-refractivity contribution in [2.45, 2.75) is 43.8 Å². The first kappa shape index (κ1) is 17.7. The molecule has 1 aromatic heterocycles. The van der Waals surface area contributed by atoms with Crippen molar-refractivity contribution in [3.63, 3.8) is 0 Å². The van der Waals surface area contributed by atoms with Crippen molar-refractivity contribution in [2.24, 2.45) is 0 Å². The second-order valence-corrected chi connectivity index (χ2v) is 7.02. The smallest absolute Gasteiger partial charge is 0.286 e. The summed E-state index contributed by atoms with van der Waals surface area (Å²) in [4.78, 5) is 26.6. The van der Waals surface area contributed by atoms with Crippen LogP contribution in [0.25, 0.3) is 0 Å². The molecule has 1 amide bonds. The third-order valence-electron chi connectivity index (χ3n) is 5.05. The summed E-state index contributed by atoms with van der Waals surface area (Å²) >= 11 is 0. The maximum atomic E-state index is 13.8. The van der Waals surface area contributed by atoms with Crippen LogP contribution in [0.3, 0.4) is 0 Å². The molecule has 2 saturated heterocycles. The summed E-state index contributed by atoms with van der Waals surface area (Å²) in [5.41, 5.74) is -1.11. The fourth-order valence-electron chi connectivity index (χ4n) is 3.80. The molecule has 3 N–H and O–H groups in total. The maximum Gasteiger partial charge on any atom is 0.286 e. The minimum absolute atomic E-state index is 0.0232. The summed E-state index contributed by atoms with van der Waals surface area (Å²) in [6.07, 6.45) is 3.79. The number of aromatic nitrogens is 1. The number of piperidine rings is 1. The first-order valence-electron chi connectivity index (χ1n) is 8.91. The van der Waals surface area contributed by atoms with Crippen molar-refractivity contribution in [3.8, 4) is 11.6 Å². The van der Waals surface area contributed by atoms with E-state index in [2.05, 4.69) is 15.6 Å². The molecule has 1 aromatic carbocycles. The second kappa shape index (κ2) is 7.11.